The minimum absolute atomic E-state index is 0.197. The van der Waals surface area contributed by atoms with Crippen LogP contribution in [-0.2, 0) is 9.47 Å². The Morgan fingerprint density at radius 1 is 1.50 bits per heavy atom. The van der Waals surface area contributed by atoms with Crippen molar-refractivity contribution in [3.05, 3.63) is 0 Å². The van der Waals surface area contributed by atoms with Crippen LogP contribution in [0.3, 0.4) is 0 Å². The molecule has 92 valence electrons. The van der Waals surface area contributed by atoms with Crippen LogP contribution in [0, 0.1) is 11.3 Å². The van der Waals surface area contributed by atoms with Crippen LogP contribution in [-0.4, -0.2) is 38.0 Å². The van der Waals surface area contributed by atoms with Gasteiger partial charge in [-0.25, -0.2) is 0 Å². The molecule has 1 rings (SSSR count). The van der Waals surface area contributed by atoms with Crippen LogP contribution < -0.4 is 5.32 Å². The molecule has 0 heterocycles. The Labute approximate surface area is 97.9 Å². The van der Waals surface area contributed by atoms with Crippen molar-refractivity contribution in [1.82, 2.24) is 5.32 Å². The van der Waals surface area contributed by atoms with Crippen LogP contribution in [0.2, 0.25) is 0 Å². The van der Waals surface area contributed by atoms with Crippen molar-refractivity contribution >= 4 is 0 Å². The summed E-state index contributed by atoms with van der Waals surface area (Å²) in [6.07, 6.45) is 3.05. The first-order chi connectivity index (χ1) is 7.62. The Balaban J connectivity index is 2.19. The monoisotopic (exact) mass is 226 g/mol. The summed E-state index contributed by atoms with van der Waals surface area (Å²) in [5, 5.41) is 12.2. The number of nitrogens with one attached hydrogen (secondary N) is 1. The quantitative estimate of drug-likeness (QED) is 0.697. The van der Waals surface area contributed by atoms with Crippen LogP contribution in [0.5, 0.6) is 0 Å². The maximum absolute atomic E-state index is 9.09. The summed E-state index contributed by atoms with van der Waals surface area (Å²) in [6, 6.07) is 2.34. The lowest BCUT2D eigenvalue weighted by molar-refractivity contribution is -0.0113. The van der Waals surface area contributed by atoms with E-state index in [2.05, 4.69) is 11.4 Å². The molecule has 1 N–H and O–H groups in total. The number of nitrogens with zero attached hydrogens (tertiary/aromatic N) is 1. The van der Waals surface area contributed by atoms with Crippen LogP contribution in [0.4, 0.5) is 0 Å². The Bertz CT molecular complexity index is 250. The average Bonchev–Trinajstić information content (AvgIpc) is 2.69. The molecule has 1 aliphatic carbocycles. The van der Waals surface area contributed by atoms with E-state index in [1.165, 1.54) is 0 Å². The molecule has 1 fully saturated rings. The molecule has 4 nitrogen and oxygen atoms in total. The van der Waals surface area contributed by atoms with Crippen LogP contribution in [0.15, 0.2) is 0 Å². The number of ether oxygens (including phenoxy) is 2. The van der Waals surface area contributed by atoms with Crippen molar-refractivity contribution < 1.29 is 9.47 Å². The summed E-state index contributed by atoms with van der Waals surface area (Å²) in [7, 11) is 1.84. The zero-order valence-corrected chi connectivity index (χ0v) is 10.5. The zero-order chi connectivity index (χ0) is 12.0. The van der Waals surface area contributed by atoms with Crippen molar-refractivity contribution in [3.63, 3.8) is 0 Å². The molecule has 16 heavy (non-hydrogen) atoms. The summed E-state index contributed by atoms with van der Waals surface area (Å²) in [4.78, 5) is 0. The van der Waals surface area contributed by atoms with Gasteiger partial charge in [0, 0.05) is 6.42 Å². The number of hydrogen-bond donors (Lipinski definition) is 1. The van der Waals surface area contributed by atoms with E-state index in [9.17, 15) is 0 Å². The minimum Gasteiger partial charge on any atom is -0.376 e. The second-order valence-corrected chi connectivity index (χ2v) is 4.60. The van der Waals surface area contributed by atoms with Gasteiger partial charge in [-0.15, -0.1) is 0 Å². The maximum Gasteiger partial charge on any atom is 0.109 e. The fourth-order valence-corrected chi connectivity index (χ4v) is 2.03. The van der Waals surface area contributed by atoms with Gasteiger partial charge in [-0.3, -0.25) is 0 Å². The van der Waals surface area contributed by atoms with Crippen LogP contribution in [0.1, 0.15) is 33.1 Å². The van der Waals surface area contributed by atoms with Gasteiger partial charge in [-0.1, -0.05) is 0 Å². The molecule has 0 spiro atoms. The smallest absolute Gasteiger partial charge is 0.109 e. The topological polar surface area (TPSA) is 54.3 Å². The third-order valence-corrected chi connectivity index (χ3v) is 3.05. The van der Waals surface area contributed by atoms with Gasteiger partial charge in [0.1, 0.15) is 5.54 Å². The van der Waals surface area contributed by atoms with Crippen molar-refractivity contribution in [3.8, 4) is 6.07 Å². The molecule has 0 radical (unpaired) electrons. The van der Waals surface area contributed by atoms with Crippen molar-refractivity contribution in [2.45, 2.75) is 50.9 Å². The molecule has 0 aromatic carbocycles. The van der Waals surface area contributed by atoms with Crippen LogP contribution >= 0.6 is 0 Å². The summed E-state index contributed by atoms with van der Waals surface area (Å²) < 4.78 is 11.1. The molecule has 2 unspecified atom stereocenters. The lowest BCUT2D eigenvalue weighted by Crippen LogP contribution is -2.39. The lowest BCUT2D eigenvalue weighted by Gasteiger charge is -2.19. The van der Waals surface area contributed by atoms with E-state index < -0.39 is 0 Å². The average molecular weight is 226 g/mol. The molecule has 0 aromatic rings. The van der Waals surface area contributed by atoms with Crippen molar-refractivity contribution in [2.75, 3.05) is 20.3 Å². The molecule has 0 aromatic heterocycles. The highest BCUT2D eigenvalue weighted by Gasteiger charge is 2.38. The standard InChI is InChI=1S/C12H22N2O2/c1-10(2)15-6-7-16-11-4-5-12(8-11,9-13)14-3/h10-11,14H,4-8H2,1-3H3. The Morgan fingerprint density at radius 3 is 2.75 bits per heavy atom. The predicted octanol–water partition coefficient (Wildman–Crippen LogP) is 1.46. The zero-order valence-electron chi connectivity index (χ0n) is 10.5. The van der Waals surface area contributed by atoms with Crippen molar-refractivity contribution in [1.29, 1.82) is 5.26 Å². The molecule has 0 amide bonds. The molecular formula is C12H22N2O2. The highest BCUT2D eigenvalue weighted by atomic mass is 16.5. The van der Waals surface area contributed by atoms with Gasteiger partial charge in [0.05, 0.1) is 31.5 Å². The van der Waals surface area contributed by atoms with Gasteiger partial charge in [0.15, 0.2) is 0 Å². The first-order valence-electron chi connectivity index (χ1n) is 5.95. The van der Waals surface area contributed by atoms with Gasteiger partial charge in [0.25, 0.3) is 0 Å². The highest BCUT2D eigenvalue weighted by molar-refractivity contribution is 5.11. The van der Waals surface area contributed by atoms with Crippen LogP contribution in [0.25, 0.3) is 0 Å². The molecule has 1 aliphatic rings. The van der Waals surface area contributed by atoms with E-state index in [-0.39, 0.29) is 17.7 Å². The summed E-state index contributed by atoms with van der Waals surface area (Å²) >= 11 is 0. The number of rotatable bonds is 6. The van der Waals surface area contributed by atoms with E-state index in [0.717, 1.165) is 19.3 Å². The van der Waals surface area contributed by atoms with Crippen molar-refractivity contribution in [2.24, 2.45) is 0 Å². The second kappa shape index (κ2) is 6.19. The summed E-state index contributed by atoms with van der Waals surface area (Å²) in [5.41, 5.74) is -0.371. The predicted molar refractivity (Wildman–Crippen MR) is 62.1 cm³/mol. The van der Waals surface area contributed by atoms with Gasteiger partial charge < -0.3 is 14.8 Å². The molecule has 4 heteroatoms. The molecule has 2 atom stereocenters. The Hall–Kier alpha value is -0.630. The summed E-state index contributed by atoms with van der Waals surface area (Å²) in [5.74, 6) is 0. The third kappa shape index (κ3) is 3.75. The first-order valence-corrected chi connectivity index (χ1v) is 5.95. The number of nitriles is 1. The van der Waals surface area contributed by atoms with E-state index >= 15 is 0 Å². The second-order valence-electron chi connectivity index (χ2n) is 4.60. The van der Waals surface area contributed by atoms with E-state index in [1.807, 2.05) is 20.9 Å². The number of hydrogen-bond acceptors (Lipinski definition) is 4. The molecule has 1 saturated carbocycles. The normalized spacial score (nSPS) is 29.6. The third-order valence-electron chi connectivity index (χ3n) is 3.05. The SMILES string of the molecule is CNC1(C#N)CCC(OCCOC(C)C)C1. The fraction of sp³-hybridized carbons (Fsp3) is 0.917. The largest absolute Gasteiger partial charge is 0.376 e. The van der Waals surface area contributed by atoms with Gasteiger partial charge in [-0.05, 0) is 33.7 Å². The fourth-order valence-electron chi connectivity index (χ4n) is 2.03. The van der Waals surface area contributed by atoms with Gasteiger partial charge >= 0.3 is 0 Å². The molecular weight excluding hydrogens is 204 g/mol. The van der Waals surface area contributed by atoms with Gasteiger partial charge in [0.2, 0.25) is 0 Å². The van der Waals surface area contributed by atoms with Gasteiger partial charge in [-0.2, -0.15) is 5.26 Å². The summed E-state index contributed by atoms with van der Waals surface area (Å²) in [6.45, 7) is 5.27. The first kappa shape index (κ1) is 13.4. The molecule has 0 aliphatic heterocycles. The Kier molecular flexibility index (Phi) is 5.20. The van der Waals surface area contributed by atoms with E-state index in [0.29, 0.717) is 13.2 Å². The molecule has 0 bridgehead atoms. The minimum atomic E-state index is -0.371. The van der Waals surface area contributed by atoms with E-state index in [1.54, 1.807) is 0 Å². The lowest BCUT2D eigenvalue weighted by atomic mass is 10.0. The maximum atomic E-state index is 9.09. The highest BCUT2D eigenvalue weighted by Crippen LogP contribution is 2.30. The Morgan fingerprint density at radius 2 is 2.25 bits per heavy atom. The molecule has 0 saturated heterocycles. The van der Waals surface area contributed by atoms with E-state index in [4.69, 9.17) is 14.7 Å².